The van der Waals surface area contributed by atoms with Crippen molar-refractivity contribution in [1.29, 1.82) is 5.26 Å². The van der Waals surface area contributed by atoms with Crippen molar-refractivity contribution in [1.82, 2.24) is 0 Å². The van der Waals surface area contributed by atoms with Gasteiger partial charge in [-0.15, -0.1) is 0 Å². The fourth-order valence-corrected chi connectivity index (χ4v) is 4.74. The first kappa shape index (κ1) is 23.1. The number of nitrogens with zero attached hydrogens (tertiary/aromatic N) is 1. The van der Waals surface area contributed by atoms with Gasteiger partial charge in [0.05, 0.1) is 34.4 Å². The van der Waals surface area contributed by atoms with Crippen molar-refractivity contribution in [2.75, 3.05) is 28.4 Å². The topological polar surface area (TPSA) is 96.0 Å². The molecular formula is C27H28N2O5. The maximum Gasteiger partial charge on any atom is 0.205 e. The number of ether oxygens (including phenoxy) is 5. The summed E-state index contributed by atoms with van der Waals surface area (Å²) in [7, 11) is 6.42. The monoisotopic (exact) mass is 460 g/mol. The molecule has 0 fully saturated rings. The maximum absolute atomic E-state index is 9.99. The van der Waals surface area contributed by atoms with Crippen LogP contribution in [-0.2, 0) is 4.74 Å². The van der Waals surface area contributed by atoms with E-state index >= 15 is 0 Å². The van der Waals surface area contributed by atoms with Crippen LogP contribution < -0.4 is 24.7 Å². The molecule has 176 valence electrons. The van der Waals surface area contributed by atoms with Gasteiger partial charge in [-0.2, -0.15) is 5.26 Å². The first-order chi connectivity index (χ1) is 16.6. The van der Waals surface area contributed by atoms with Gasteiger partial charge in [0.15, 0.2) is 23.0 Å². The molecule has 2 aromatic rings. The van der Waals surface area contributed by atoms with Gasteiger partial charge in [0.25, 0.3) is 0 Å². The molecule has 0 saturated carbocycles. The Morgan fingerprint density at radius 3 is 2.26 bits per heavy atom. The Balaban J connectivity index is 1.90. The fourth-order valence-electron chi connectivity index (χ4n) is 4.74. The van der Waals surface area contributed by atoms with Crippen LogP contribution in [0.3, 0.4) is 0 Å². The minimum absolute atomic E-state index is 0.0986. The van der Waals surface area contributed by atoms with Gasteiger partial charge in [-0.25, -0.2) is 0 Å². The van der Waals surface area contributed by atoms with Crippen LogP contribution in [0.1, 0.15) is 36.3 Å². The summed E-state index contributed by atoms with van der Waals surface area (Å²) >= 11 is 0. The van der Waals surface area contributed by atoms with Gasteiger partial charge in [0, 0.05) is 11.1 Å². The largest absolute Gasteiger partial charge is 0.493 e. The van der Waals surface area contributed by atoms with Crippen LogP contribution in [-0.4, -0.2) is 28.4 Å². The lowest BCUT2D eigenvalue weighted by Gasteiger charge is -2.34. The third kappa shape index (κ3) is 3.92. The quantitative estimate of drug-likeness (QED) is 0.644. The summed E-state index contributed by atoms with van der Waals surface area (Å²) in [5.41, 5.74) is 10.3. The molecule has 7 heteroatoms. The van der Waals surface area contributed by atoms with Gasteiger partial charge < -0.3 is 29.4 Å². The molecular weight excluding hydrogens is 432 g/mol. The zero-order valence-corrected chi connectivity index (χ0v) is 19.8. The van der Waals surface area contributed by atoms with Crippen molar-refractivity contribution in [2.45, 2.75) is 25.2 Å². The molecule has 2 N–H and O–H groups in total. The third-order valence-electron chi connectivity index (χ3n) is 6.22. The van der Waals surface area contributed by atoms with E-state index in [0.717, 1.165) is 41.5 Å². The second-order valence-corrected chi connectivity index (χ2v) is 7.97. The molecule has 0 aromatic heterocycles. The van der Waals surface area contributed by atoms with Crippen LogP contribution >= 0.6 is 0 Å². The van der Waals surface area contributed by atoms with Crippen molar-refractivity contribution in [3.63, 3.8) is 0 Å². The standard InChI is InChI=1S/C27H28N2O5/c1-30-21-12-6-9-17(25(21)32-3)14-16-8-5-10-18-23(20(15-28)27(29)34-24(16)18)19-11-7-13-22(31-2)26(19)33-4/h6-7,9,11-14,23H,5,8,10,29H2,1-4H3/b16-14-. The van der Waals surface area contributed by atoms with Gasteiger partial charge >= 0.3 is 0 Å². The van der Waals surface area contributed by atoms with Crippen LogP contribution in [0.5, 0.6) is 23.0 Å². The molecule has 1 heterocycles. The Kier molecular flexibility index (Phi) is 6.69. The zero-order valence-electron chi connectivity index (χ0n) is 19.8. The maximum atomic E-state index is 9.99. The van der Waals surface area contributed by atoms with Crippen molar-refractivity contribution in [2.24, 2.45) is 5.73 Å². The summed E-state index contributed by atoms with van der Waals surface area (Å²) in [5.74, 6) is 2.87. The summed E-state index contributed by atoms with van der Waals surface area (Å²) < 4.78 is 28.4. The van der Waals surface area contributed by atoms with Gasteiger partial charge in [0.1, 0.15) is 17.4 Å². The number of nitrogens with two attached hydrogens (primary N) is 1. The number of rotatable bonds is 6. The minimum Gasteiger partial charge on any atom is -0.493 e. The van der Waals surface area contributed by atoms with Gasteiger partial charge in [-0.1, -0.05) is 24.3 Å². The van der Waals surface area contributed by atoms with Gasteiger partial charge in [0.2, 0.25) is 5.88 Å². The third-order valence-corrected chi connectivity index (χ3v) is 6.22. The molecule has 0 amide bonds. The molecule has 34 heavy (non-hydrogen) atoms. The van der Waals surface area contributed by atoms with E-state index in [1.807, 2.05) is 42.5 Å². The number of allylic oxidation sites excluding steroid dienone is 3. The molecule has 1 atom stereocenters. The van der Waals surface area contributed by atoms with Crippen molar-refractivity contribution in [3.8, 4) is 29.1 Å². The molecule has 1 unspecified atom stereocenters. The molecule has 0 saturated heterocycles. The molecule has 0 radical (unpaired) electrons. The second-order valence-electron chi connectivity index (χ2n) is 7.97. The lowest BCUT2D eigenvalue weighted by atomic mass is 9.76. The van der Waals surface area contributed by atoms with Crippen LogP contribution in [0.15, 0.2) is 64.8 Å². The predicted octanol–water partition coefficient (Wildman–Crippen LogP) is 5.05. The lowest BCUT2D eigenvalue weighted by molar-refractivity contribution is 0.276. The van der Waals surface area contributed by atoms with Crippen LogP contribution in [0.4, 0.5) is 0 Å². The van der Waals surface area contributed by atoms with E-state index in [0.29, 0.717) is 34.3 Å². The summed E-state index contributed by atoms with van der Waals surface area (Å²) in [6.45, 7) is 0. The fraction of sp³-hybridized carbons (Fsp3) is 0.296. The minimum atomic E-state index is -0.394. The molecule has 2 aliphatic rings. The smallest absolute Gasteiger partial charge is 0.205 e. The highest BCUT2D eigenvalue weighted by Crippen LogP contribution is 2.50. The highest BCUT2D eigenvalue weighted by atomic mass is 16.5. The van der Waals surface area contributed by atoms with Crippen molar-refractivity contribution in [3.05, 3.63) is 75.9 Å². The van der Waals surface area contributed by atoms with Crippen LogP contribution in [0.2, 0.25) is 0 Å². The SMILES string of the molecule is COc1cccc(/C=C2/CCCC3=C2OC(N)=C(C#N)C3c2cccc(OC)c2OC)c1OC. The molecule has 0 spiro atoms. The zero-order chi connectivity index (χ0) is 24.2. The average molecular weight is 461 g/mol. The molecule has 0 bridgehead atoms. The number of benzene rings is 2. The summed E-state index contributed by atoms with van der Waals surface area (Å²) in [6.07, 6.45) is 4.52. The number of para-hydroxylation sites is 2. The molecule has 1 aliphatic heterocycles. The second kappa shape index (κ2) is 9.84. The molecule has 2 aromatic carbocycles. The van der Waals surface area contributed by atoms with E-state index in [9.17, 15) is 5.26 Å². The first-order valence-electron chi connectivity index (χ1n) is 11.0. The normalized spacial score (nSPS) is 18.7. The van der Waals surface area contributed by atoms with E-state index in [1.165, 1.54) is 0 Å². The average Bonchev–Trinajstić information content (AvgIpc) is 2.87. The van der Waals surface area contributed by atoms with Gasteiger partial charge in [-0.05, 0) is 48.6 Å². The van der Waals surface area contributed by atoms with E-state index < -0.39 is 5.92 Å². The predicted molar refractivity (Wildman–Crippen MR) is 129 cm³/mol. The van der Waals surface area contributed by atoms with E-state index in [4.69, 9.17) is 29.4 Å². The summed E-state index contributed by atoms with van der Waals surface area (Å²) in [5, 5.41) is 9.99. The van der Waals surface area contributed by atoms with Crippen LogP contribution in [0, 0.1) is 11.3 Å². The summed E-state index contributed by atoms with van der Waals surface area (Å²) in [4.78, 5) is 0. The Hall–Kier alpha value is -4.05. The number of methoxy groups -OCH3 is 4. The van der Waals surface area contributed by atoms with Crippen molar-refractivity contribution < 1.29 is 23.7 Å². The Morgan fingerprint density at radius 2 is 1.62 bits per heavy atom. The molecule has 1 aliphatic carbocycles. The van der Waals surface area contributed by atoms with Crippen molar-refractivity contribution >= 4 is 6.08 Å². The van der Waals surface area contributed by atoms with Crippen LogP contribution in [0.25, 0.3) is 6.08 Å². The molecule has 4 rings (SSSR count). The Morgan fingerprint density at radius 1 is 0.941 bits per heavy atom. The summed E-state index contributed by atoms with van der Waals surface area (Å²) in [6, 6.07) is 13.7. The highest BCUT2D eigenvalue weighted by Gasteiger charge is 2.37. The van der Waals surface area contributed by atoms with E-state index in [2.05, 4.69) is 6.07 Å². The Bertz CT molecular complexity index is 1240. The highest BCUT2D eigenvalue weighted by molar-refractivity contribution is 5.69. The van der Waals surface area contributed by atoms with E-state index in [-0.39, 0.29) is 5.88 Å². The number of hydrogen-bond donors (Lipinski definition) is 1. The Labute approximate surface area is 199 Å². The number of nitriles is 1. The molecule has 7 nitrogen and oxygen atoms in total. The van der Waals surface area contributed by atoms with E-state index in [1.54, 1.807) is 28.4 Å². The lowest BCUT2D eigenvalue weighted by Crippen LogP contribution is -2.24. The number of hydrogen-bond acceptors (Lipinski definition) is 7. The first-order valence-corrected chi connectivity index (χ1v) is 11.0. The van der Waals surface area contributed by atoms with Gasteiger partial charge in [-0.3, -0.25) is 0 Å².